The summed E-state index contributed by atoms with van der Waals surface area (Å²) in [5.74, 6) is 0.730. The van der Waals surface area contributed by atoms with Crippen molar-refractivity contribution in [2.45, 2.75) is 75.3 Å². The van der Waals surface area contributed by atoms with Crippen molar-refractivity contribution in [1.29, 1.82) is 0 Å². The molecule has 7 heteroatoms. The number of sulfone groups is 1. The molecular weight excluding hydrogens is 396 g/mol. The summed E-state index contributed by atoms with van der Waals surface area (Å²) >= 11 is 0. The van der Waals surface area contributed by atoms with Gasteiger partial charge in [0, 0.05) is 38.8 Å². The summed E-state index contributed by atoms with van der Waals surface area (Å²) in [6.07, 6.45) is 6.48. The number of benzene rings is 1. The zero-order chi connectivity index (χ0) is 21.8. The van der Waals surface area contributed by atoms with E-state index < -0.39 is 9.84 Å². The molecule has 1 unspecified atom stereocenters. The van der Waals surface area contributed by atoms with Crippen LogP contribution in [0.15, 0.2) is 34.2 Å². The summed E-state index contributed by atoms with van der Waals surface area (Å²) < 4.78 is 25.4. The fourth-order valence-electron chi connectivity index (χ4n) is 4.48. The Hall–Kier alpha value is -1.60. The lowest BCUT2D eigenvalue weighted by atomic mass is 9.87. The van der Waals surface area contributed by atoms with Gasteiger partial charge in [0.05, 0.1) is 10.6 Å². The van der Waals surface area contributed by atoms with Gasteiger partial charge in [-0.15, -0.1) is 0 Å². The predicted molar refractivity (Wildman–Crippen MR) is 124 cm³/mol. The van der Waals surface area contributed by atoms with Crippen molar-refractivity contribution >= 4 is 15.8 Å². The van der Waals surface area contributed by atoms with Crippen LogP contribution in [-0.4, -0.2) is 63.8 Å². The number of hydrogen-bond donors (Lipinski definition) is 2. The van der Waals surface area contributed by atoms with Crippen LogP contribution in [-0.2, 0) is 15.3 Å². The second-order valence-electron chi connectivity index (χ2n) is 9.66. The molecule has 1 aliphatic carbocycles. The SMILES string of the molecule is CN=C(NCCS(=O)(=O)c1ccc(C(C)(C)C)cc1)NC1CCN(C2CCCC2)C1. The lowest BCUT2D eigenvalue weighted by Gasteiger charge is -2.24. The molecule has 2 aliphatic rings. The first-order chi connectivity index (χ1) is 14.2. The average molecular weight is 435 g/mol. The van der Waals surface area contributed by atoms with Crippen LogP contribution in [0.2, 0.25) is 0 Å². The highest BCUT2D eigenvalue weighted by molar-refractivity contribution is 7.91. The Labute approximate surface area is 182 Å². The molecule has 1 heterocycles. The fraction of sp³-hybridized carbons (Fsp3) is 0.696. The highest BCUT2D eigenvalue weighted by atomic mass is 32.2. The number of guanidine groups is 1. The third-order valence-electron chi connectivity index (χ3n) is 6.37. The van der Waals surface area contributed by atoms with E-state index in [4.69, 9.17) is 0 Å². The number of nitrogens with zero attached hydrogens (tertiary/aromatic N) is 2. The zero-order valence-corrected chi connectivity index (χ0v) is 19.8. The van der Waals surface area contributed by atoms with Crippen molar-refractivity contribution in [1.82, 2.24) is 15.5 Å². The van der Waals surface area contributed by atoms with E-state index in [-0.39, 0.29) is 11.2 Å². The molecule has 6 nitrogen and oxygen atoms in total. The van der Waals surface area contributed by atoms with Crippen molar-refractivity contribution in [3.63, 3.8) is 0 Å². The lowest BCUT2D eigenvalue weighted by Crippen LogP contribution is -2.46. The lowest BCUT2D eigenvalue weighted by molar-refractivity contribution is 0.242. The minimum absolute atomic E-state index is 0.00951. The molecular formula is C23H38N4O2S. The normalized spacial score (nSPS) is 21.9. The second-order valence-corrected chi connectivity index (χ2v) is 11.8. The quantitative estimate of drug-likeness (QED) is 0.532. The highest BCUT2D eigenvalue weighted by Gasteiger charge is 2.30. The first kappa shape index (κ1) is 23.1. The molecule has 30 heavy (non-hydrogen) atoms. The largest absolute Gasteiger partial charge is 0.355 e. The van der Waals surface area contributed by atoms with E-state index in [9.17, 15) is 8.42 Å². The van der Waals surface area contributed by atoms with Gasteiger partial charge in [0.1, 0.15) is 0 Å². The highest BCUT2D eigenvalue weighted by Crippen LogP contribution is 2.26. The molecule has 1 aromatic rings. The van der Waals surface area contributed by atoms with Crippen LogP contribution >= 0.6 is 0 Å². The van der Waals surface area contributed by atoms with Crippen molar-refractivity contribution in [3.05, 3.63) is 29.8 Å². The smallest absolute Gasteiger partial charge is 0.191 e. The Bertz CT molecular complexity index is 822. The van der Waals surface area contributed by atoms with Crippen LogP contribution < -0.4 is 10.6 Å². The average Bonchev–Trinajstić information content (AvgIpc) is 3.38. The zero-order valence-electron chi connectivity index (χ0n) is 18.9. The first-order valence-electron chi connectivity index (χ1n) is 11.2. The van der Waals surface area contributed by atoms with Gasteiger partial charge in [-0.2, -0.15) is 0 Å². The number of hydrogen-bond acceptors (Lipinski definition) is 4. The standard InChI is InChI=1S/C23H38N4O2S/c1-23(2,3)18-9-11-21(12-10-18)30(28,29)16-14-25-22(24-4)26-19-13-15-27(17-19)20-7-5-6-8-20/h9-12,19-20H,5-8,13-17H2,1-4H3,(H2,24,25,26). The van der Waals surface area contributed by atoms with Gasteiger partial charge >= 0.3 is 0 Å². The Morgan fingerprint density at radius 2 is 1.80 bits per heavy atom. The van der Waals surface area contributed by atoms with Gasteiger partial charge in [0.15, 0.2) is 15.8 Å². The Morgan fingerprint density at radius 3 is 2.40 bits per heavy atom. The molecule has 0 aromatic heterocycles. The molecule has 1 saturated heterocycles. The predicted octanol–water partition coefficient (Wildman–Crippen LogP) is 2.94. The van der Waals surface area contributed by atoms with E-state index in [2.05, 4.69) is 41.3 Å². The number of rotatable bonds is 6. The summed E-state index contributed by atoms with van der Waals surface area (Å²) in [5, 5.41) is 6.65. The number of aliphatic imine (C=N–C) groups is 1. The number of likely N-dealkylation sites (tertiary alicyclic amines) is 1. The Kier molecular flexibility index (Phi) is 7.45. The summed E-state index contributed by atoms with van der Waals surface area (Å²) in [6, 6.07) is 8.40. The van der Waals surface area contributed by atoms with Crippen molar-refractivity contribution in [2.75, 3.05) is 32.4 Å². The molecule has 1 saturated carbocycles. The third kappa shape index (κ3) is 5.97. The van der Waals surface area contributed by atoms with Gasteiger partial charge in [0.25, 0.3) is 0 Å². The topological polar surface area (TPSA) is 73.8 Å². The van der Waals surface area contributed by atoms with Crippen LogP contribution in [0, 0.1) is 0 Å². The van der Waals surface area contributed by atoms with Gasteiger partial charge in [-0.25, -0.2) is 8.42 Å². The molecule has 0 amide bonds. The van der Waals surface area contributed by atoms with Gasteiger partial charge in [-0.05, 0) is 42.4 Å². The molecule has 1 aliphatic heterocycles. The Balaban J connectivity index is 1.47. The van der Waals surface area contributed by atoms with Gasteiger partial charge in [-0.3, -0.25) is 9.89 Å². The maximum Gasteiger partial charge on any atom is 0.191 e. The van der Waals surface area contributed by atoms with E-state index in [1.54, 1.807) is 19.2 Å². The third-order valence-corrected chi connectivity index (χ3v) is 8.10. The van der Waals surface area contributed by atoms with E-state index in [1.165, 1.54) is 25.7 Å². The van der Waals surface area contributed by atoms with Crippen molar-refractivity contribution in [2.24, 2.45) is 4.99 Å². The van der Waals surface area contributed by atoms with E-state index in [1.807, 2.05) is 12.1 Å². The molecule has 2 N–H and O–H groups in total. The minimum Gasteiger partial charge on any atom is -0.355 e. The molecule has 0 radical (unpaired) electrons. The molecule has 0 bridgehead atoms. The molecule has 0 spiro atoms. The second kappa shape index (κ2) is 9.69. The van der Waals surface area contributed by atoms with Crippen LogP contribution in [0.25, 0.3) is 0 Å². The van der Waals surface area contributed by atoms with Crippen molar-refractivity contribution < 1.29 is 8.42 Å². The van der Waals surface area contributed by atoms with Crippen LogP contribution in [0.3, 0.4) is 0 Å². The van der Waals surface area contributed by atoms with Gasteiger partial charge < -0.3 is 10.6 Å². The molecule has 2 fully saturated rings. The van der Waals surface area contributed by atoms with E-state index in [0.717, 1.165) is 31.1 Å². The fourth-order valence-corrected chi connectivity index (χ4v) is 5.64. The summed E-state index contributed by atoms with van der Waals surface area (Å²) in [6.45, 7) is 8.88. The van der Waals surface area contributed by atoms with Crippen LogP contribution in [0.5, 0.6) is 0 Å². The molecule has 1 aromatic carbocycles. The van der Waals surface area contributed by atoms with Gasteiger partial charge in [0.2, 0.25) is 0 Å². The summed E-state index contributed by atoms with van der Waals surface area (Å²) in [4.78, 5) is 7.26. The molecule has 168 valence electrons. The number of nitrogens with one attached hydrogen (secondary N) is 2. The maximum absolute atomic E-state index is 12.7. The van der Waals surface area contributed by atoms with Crippen LogP contribution in [0.1, 0.15) is 58.4 Å². The van der Waals surface area contributed by atoms with Gasteiger partial charge in [-0.1, -0.05) is 45.7 Å². The summed E-state index contributed by atoms with van der Waals surface area (Å²) in [7, 11) is -1.59. The molecule has 3 rings (SSSR count). The first-order valence-corrected chi connectivity index (χ1v) is 12.9. The monoisotopic (exact) mass is 434 g/mol. The van der Waals surface area contributed by atoms with E-state index in [0.29, 0.717) is 23.4 Å². The maximum atomic E-state index is 12.7. The Morgan fingerprint density at radius 1 is 1.13 bits per heavy atom. The van der Waals surface area contributed by atoms with E-state index >= 15 is 0 Å². The molecule has 1 atom stereocenters. The van der Waals surface area contributed by atoms with Crippen molar-refractivity contribution in [3.8, 4) is 0 Å². The summed E-state index contributed by atoms with van der Waals surface area (Å²) in [5.41, 5.74) is 1.14. The van der Waals surface area contributed by atoms with Crippen LogP contribution in [0.4, 0.5) is 0 Å². The minimum atomic E-state index is -3.33.